The summed E-state index contributed by atoms with van der Waals surface area (Å²) < 4.78 is 40.9. The third kappa shape index (κ3) is 9.12. The molecule has 0 atom stereocenters. The van der Waals surface area contributed by atoms with Gasteiger partial charge in [-0.2, -0.15) is 5.26 Å². The van der Waals surface area contributed by atoms with Gasteiger partial charge in [0, 0.05) is 6.08 Å². The molecule has 2 fully saturated rings. The zero-order chi connectivity index (χ0) is 23.5. The summed E-state index contributed by atoms with van der Waals surface area (Å²) >= 11 is 0. The van der Waals surface area contributed by atoms with Crippen molar-refractivity contribution in [3.05, 3.63) is 66.3 Å². The molecule has 5 heteroatoms. The van der Waals surface area contributed by atoms with E-state index in [1.54, 1.807) is 18.2 Å². The summed E-state index contributed by atoms with van der Waals surface area (Å²) in [5, 5.41) is 8.47. The van der Waals surface area contributed by atoms with Gasteiger partial charge in [0.1, 0.15) is 5.75 Å². The van der Waals surface area contributed by atoms with Gasteiger partial charge in [-0.3, -0.25) is 0 Å². The molecule has 0 heterocycles. The smallest absolute Gasteiger partial charge is 0.406 e. The number of halogens is 3. The lowest BCUT2D eigenvalue weighted by atomic mass is 9.77. The molecule has 0 aliphatic heterocycles. The SMILES string of the molecule is N#CC=CC=CCC[C@H]1CC[C@H](/C=C/[C@H]2CC[C@H](c3ccc(OC(F)(F)F)cc3)CC2)CC1. The van der Waals surface area contributed by atoms with Crippen LogP contribution in [0.2, 0.25) is 0 Å². The fourth-order valence-corrected chi connectivity index (χ4v) is 5.18. The molecule has 0 spiro atoms. The highest BCUT2D eigenvalue weighted by Gasteiger charge is 2.31. The van der Waals surface area contributed by atoms with Crippen LogP contribution in [0.3, 0.4) is 0 Å². The first-order chi connectivity index (χ1) is 15.9. The molecule has 2 aliphatic rings. The molecule has 33 heavy (non-hydrogen) atoms. The lowest BCUT2D eigenvalue weighted by molar-refractivity contribution is -0.274. The van der Waals surface area contributed by atoms with Crippen molar-refractivity contribution in [3.63, 3.8) is 0 Å². The maximum absolute atomic E-state index is 12.3. The summed E-state index contributed by atoms with van der Waals surface area (Å²) in [5.74, 6) is 2.42. The van der Waals surface area contributed by atoms with E-state index >= 15 is 0 Å². The predicted octanol–water partition coefficient (Wildman–Crippen LogP) is 8.64. The minimum Gasteiger partial charge on any atom is -0.406 e. The van der Waals surface area contributed by atoms with Crippen molar-refractivity contribution in [2.75, 3.05) is 0 Å². The summed E-state index contributed by atoms with van der Waals surface area (Å²) in [6.07, 6.45) is 19.6. The van der Waals surface area contributed by atoms with Crippen LogP contribution in [0.1, 0.15) is 75.7 Å². The highest BCUT2D eigenvalue weighted by Crippen LogP contribution is 2.38. The molecular formula is C28H34F3NO. The van der Waals surface area contributed by atoms with Crippen molar-refractivity contribution < 1.29 is 17.9 Å². The van der Waals surface area contributed by atoms with Gasteiger partial charge >= 0.3 is 6.36 Å². The van der Waals surface area contributed by atoms with Crippen LogP contribution in [0.4, 0.5) is 13.2 Å². The largest absolute Gasteiger partial charge is 0.573 e. The Morgan fingerprint density at radius 2 is 1.48 bits per heavy atom. The molecule has 2 aliphatic carbocycles. The number of benzene rings is 1. The minimum absolute atomic E-state index is 0.151. The van der Waals surface area contributed by atoms with Crippen LogP contribution >= 0.6 is 0 Å². The second-order valence-corrected chi connectivity index (χ2v) is 9.39. The van der Waals surface area contributed by atoms with E-state index in [2.05, 4.69) is 23.0 Å². The molecule has 1 aromatic carbocycles. The second-order valence-electron chi connectivity index (χ2n) is 9.39. The summed E-state index contributed by atoms with van der Waals surface area (Å²) in [6.45, 7) is 0. The van der Waals surface area contributed by atoms with Gasteiger partial charge in [0.2, 0.25) is 0 Å². The van der Waals surface area contributed by atoms with Crippen molar-refractivity contribution in [1.29, 1.82) is 5.26 Å². The van der Waals surface area contributed by atoms with Gasteiger partial charge in [-0.1, -0.05) is 42.5 Å². The van der Waals surface area contributed by atoms with Gasteiger partial charge < -0.3 is 4.74 Å². The maximum Gasteiger partial charge on any atom is 0.573 e. The Bertz CT molecular complexity index is 831. The van der Waals surface area contributed by atoms with Crippen LogP contribution in [0.15, 0.2) is 60.7 Å². The number of hydrogen-bond donors (Lipinski definition) is 0. The molecule has 178 valence electrons. The quantitative estimate of drug-likeness (QED) is 0.222. The Labute approximate surface area is 195 Å². The van der Waals surface area contributed by atoms with Gasteiger partial charge in [0.25, 0.3) is 0 Å². The predicted molar refractivity (Wildman–Crippen MR) is 126 cm³/mol. The first-order valence-corrected chi connectivity index (χ1v) is 12.2. The van der Waals surface area contributed by atoms with E-state index in [9.17, 15) is 13.2 Å². The molecule has 0 bridgehead atoms. The number of nitriles is 1. The molecular weight excluding hydrogens is 423 g/mol. The Balaban J connectivity index is 1.34. The first kappa shape index (κ1) is 25.1. The lowest BCUT2D eigenvalue weighted by Gasteiger charge is -2.29. The second kappa shape index (κ2) is 12.7. The van der Waals surface area contributed by atoms with Crippen molar-refractivity contribution in [1.82, 2.24) is 0 Å². The van der Waals surface area contributed by atoms with Crippen LogP contribution in [-0.4, -0.2) is 6.36 Å². The van der Waals surface area contributed by atoms with Crippen LogP contribution < -0.4 is 4.74 Å². The number of rotatable bonds is 8. The van der Waals surface area contributed by atoms with Gasteiger partial charge in [0.05, 0.1) is 6.07 Å². The van der Waals surface area contributed by atoms with Crippen LogP contribution in [0, 0.1) is 29.1 Å². The van der Waals surface area contributed by atoms with E-state index in [-0.39, 0.29) is 5.75 Å². The van der Waals surface area contributed by atoms with Gasteiger partial charge in [-0.05, 0) is 106 Å². The molecule has 0 N–H and O–H groups in total. The van der Waals surface area contributed by atoms with Crippen molar-refractivity contribution in [2.45, 2.75) is 76.5 Å². The molecule has 3 rings (SSSR count). The molecule has 1 aromatic rings. The number of hydrogen-bond acceptors (Lipinski definition) is 2. The molecule has 0 aromatic heterocycles. The maximum atomic E-state index is 12.3. The Morgan fingerprint density at radius 1 is 0.879 bits per heavy atom. The normalized spacial score (nSPS) is 26.7. The van der Waals surface area contributed by atoms with Crippen molar-refractivity contribution in [2.24, 2.45) is 17.8 Å². The first-order valence-electron chi connectivity index (χ1n) is 12.2. The highest BCUT2D eigenvalue weighted by atomic mass is 19.4. The van der Waals surface area contributed by atoms with E-state index in [0.29, 0.717) is 17.8 Å². The monoisotopic (exact) mass is 457 g/mol. The average Bonchev–Trinajstić information content (AvgIpc) is 2.81. The van der Waals surface area contributed by atoms with E-state index in [1.807, 2.05) is 12.1 Å². The number of alkyl halides is 3. The fourth-order valence-electron chi connectivity index (χ4n) is 5.18. The molecule has 0 saturated heterocycles. The molecule has 2 saturated carbocycles. The topological polar surface area (TPSA) is 33.0 Å². The van der Waals surface area contributed by atoms with Crippen molar-refractivity contribution in [3.8, 4) is 11.8 Å². The van der Waals surface area contributed by atoms with Crippen LogP contribution in [0.5, 0.6) is 5.75 Å². The van der Waals surface area contributed by atoms with Crippen LogP contribution in [0.25, 0.3) is 0 Å². The third-order valence-corrected chi connectivity index (χ3v) is 7.06. The zero-order valence-corrected chi connectivity index (χ0v) is 19.1. The lowest BCUT2D eigenvalue weighted by Crippen LogP contribution is -2.17. The molecule has 2 nitrogen and oxygen atoms in total. The Hall–Kier alpha value is -2.48. The molecule has 0 amide bonds. The number of allylic oxidation sites excluding steroid dienone is 6. The van der Waals surface area contributed by atoms with Crippen molar-refractivity contribution >= 4 is 0 Å². The molecule has 0 radical (unpaired) electrons. The van der Waals surface area contributed by atoms with E-state index in [0.717, 1.165) is 43.6 Å². The Morgan fingerprint density at radius 3 is 2.06 bits per heavy atom. The Kier molecular flexibility index (Phi) is 9.66. The standard InChI is InChI=1S/C28H34F3NO/c29-28(30,31)33-27-19-17-26(18-20-27)25-15-13-24(14-16-25)12-11-23-9-7-22(8-10-23)6-4-2-1-3-5-21-32/h1-3,5,11-12,17-20,22-25H,4,6-10,13-16H2/b2-1?,5-3?,12-11+/t22-,23-,24-,25-. The summed E-state index contributed by atoms with van der Waals surface area (Å²) in [7, 11) is 0. The molecule has 0 unspecified atom stereocenters. The third-order valence-electron chi connectivity index (χ3n) is 7.06. The zero-order valence-electron chi connectivity index (χ0n) is 19.1. The highest BCUT2D eigenvalue weighted by molar-refractivity contribution is 5.30. The van der Waals surface area contributed by atoms with E-state index in [1.165, 1.54) is 50.3 Å². The minimum atomic E-state index is -4.64. The number of ether oxygens (including phenoxy) is 1. The average molecular weight is 458 g/mol. The van der Waals surface area contributed by atoms with E-state index in [4.69, 9.17) is 5.26 Å². The fraction of sp³-hybridized carbons (Fsp3) is 0.536. The van der Waals surface area contributed by atoms with Gasteiger partial charge in [-0.25, -0.2) is 0 Å². The van der Waals surface area contributed by atoms with Crippen LogP contribution in [-0.2, 0) is 0 Å². The summed E-state index contributed by atoms with van der Waals surface area (Å²) in [5.41, 5.74) is 1.11. The van der Waals surface area contributed by atoms with Gasteiger partial charge in [-0.15, -0.1) is 13.2 Å². The van der Waals surface area contributed by atoms with E-state index < -0.39 is 6.36 Å². The summed E-state index contributed by atoms with van der Waals surface area (Å²) in [6, 6.07) is 8.39. The summed E-state index contributed by atoms with van der Waals surface area (Å²) in [4.78, 5) is 0. The van der Waals surface area contributed by atoms with Gasteiger partial charge in [0.15, 0.2) is 0 Å². The number of nitrogens with zero attached hydrogens (tertiary/aromatic N) is 1.